The molecule has 1 aliphatic rings. The highest BCUT2D eigenvalue weighted by Crippen LogP contribution is 2.37. The van der Waals surface area contributed by atoms with Crippen molar-refractivity contribution in [2.24, 2.45) is 11.8 Å². The maximum Gasteiger partial charge on any atom is 0.320 e. The number of hydrogen-bond donors (Lipinski definition) is 1. The number of carboxylic acids is 1. The highest BCUT2D eigenvalue weighted by Gasteiger charge is 2.39. The van der Waals surface area contributed by atoms with Gasteiger partial charge in [-0.1, -0.05) is 13.8 Å². The van der Waals surface area contributed by atoms with Gasteiger partial charge in [0.2, 0.25) is 0 Å². The van der Waals surface area contributed by atoms with Crippen LogP contribution in [0.2, 0.25) is 0 Å². The third kappa shape index (κ3) is 1.85. The fourth-order valence-corrected chi connectivity index (χ4v) is 1.99. The second-order valence-electron chi connectivity index (χ2n) is 4.32. The van der Waals surface area contributed by atoms with Crippen LogP contribution in [0.5, 0.6) is 0 Å². The molecule has 1 rings (SSSR count). The molecule has 13 heavy (non-hydrogen) atoms. The van der Waals surface area contributed by atoms with Gasteiger partial charge in [-0.05, 0) is 32.2 Å². The largest absolute Gasteiger partial charge is 0.480 e. The first kappa shape index (κ1) is 10.5. The molecule has 1 N–H and O–H groups in total. The summed E-state index contributed by atoms with van der Waals surface area (Å²) < 4.78 is 0. The molecular weight excluding hydrogens is 166 g/mol. The first-order chi connectivity index (χ1) is 5.95. The normalized spacial score (nSPS) is 35.6. The van der Waals surface area contributed by atoms with Crippen molar-refractivity contribution >= 4 is 5.97 Å². The fourth-order valence-electron chi connectivity index (χ4n) is 1.99. The Morgan fingerprint density at radius 3 is 2.38 bits per heavy atom. The Kier molecular flexibility index (Phi) is 2.96. The van der Waals surface area contributed by atoms with E-state index in [1.165, 1.54) is 0 Å². The molecule has 0 amide bonds. The van der Waals surface area contributed by atoms with Crippen LogP contribution in [0, 0.1) is 11.8 Å². The molecule has 0 aromatic rings. The van der Waals surface area contributed by atoms with Crippen LogP contribution >= 0.6 is 0 Å². The Morgan fingerprint density at radius 1 is 1.54 bits per heavy atom. The zero-order valence-electron chi connectivity index (χ0n) is 8.82. The van der Waals surface area contributed by atoms with Crippen LogP contribution in [0.1, 0.15) is 27.2 Å². The summed E-state index contributed by atoms with van der Waals surface area (Å²) in [6.45, 7) is 6.17. The molecular formula is C10H19NO2. The maximum atomic E-state index is 10.7. The minimum atomic E-state index is -0.728. The lowest BCUT2D eigenvalue weighted by Crippen LogP contribution is -2.53. The van der Waals surface area contributed by atoms with E-state index in [9.17, 15) is 4.79 Å². The van der Waals surface area contributed by atoms with Gasteiger partial charge in [0, 0.05) is 6.04 Å². The summed E-state index contributed by atoms with van der Waals surface area (Å²) >= 11 is 0. The first-order valence-electron chi connectivity index (χ1n) is 4.90. The van der Waals surface area contributed by atoms with Crippen molar-refractivity contribution in [2.45, 2.75) is 39.3 Å². The molecule has 3 heteroatoms. The van der Waals surface area contributed by atoms with E-state index in [2.05, 4.69) is 13.8 Å². The predicted molar refractivity (Wildman–Crippen MR) is 51.6 cm³/mol. The van der Waals surface area contributed by atoms with Crippen LogP contribution < -0.4 is 0 Å². The molecule has 1 saturated carbocycles. The van der Waals surface area contributed by atoms with Gasteiger partial charge in [0.05, 0.1) is 0 Å². The van der Waals surface area contributed by atoms with Crippen molar-refractivity contribution in [1.82, 2.24) is 4.90 Å². The Morgan fingerprint density at radius 2 is 2.08 bits per heavy atom. The minimum Gasteiger partial charge on any atom is -0.480 e. The summed E-state index contributed by atoms with van der Waals surface area (Å²) in [6, 6.07) is 0.0982. The maximum absolute atomic E-state index is 10.7. The Labute approximate surface area is 79.7 Å². The van der Waals surface area contributed by atoms with Crippen LogP contribution in [0.4, 0.5) is 0 Å². The highest BCUT2D eigenvalue weighted by atomic mass is 16.4. The molecule has 4 atom stereocenters. The molecule has 76 valence electrons. The van der Waals surface area contributed by atoms with E-state index >= 15 is 0 Å². The number of carbonyl (C=O) groups is 1. The van der Waals surface area contributed by atoms with E-state index < -0.39 is 5.97 Å². The van der Waals surface area contributed by atoms with Gasteiger partial charge < -0.3 is 5.11 Å². The van der Waals surface area contributed by atoms with Gasteiger partial charge in [0.1, 0.15) is 6.04 Å². The van der Waals surface area contributed by atoms with Crippen LogP contribution in [0.15, 0.2) is 0 Å². The molecule has 0 aromatic carbocycles. The smallest absolute Gasteiger partial charge is 0.320 e. The van der Waals surface area contributed by atoms with E-state index in [1.807, 2.05) is 11.9 Å². The van der Waals surface area contributed by atoms with Gasteiger partial charge in [-0.2, -0.15) is 0 Å². The lowest BCUT2D eigenvalue weighted by Gasteiger charge is -2.47. The average Bonchev–Trinajstić information content (AvgIpc) is 2.10. The average molecular weight is 185 g/mol. The van der Waals surface area contributed by atoms with E-state index in [0.717, 1.165) is 12.3 Å². The van der Waals surface area contributed by atoms with E-state index in [0.29, 0.717) is 12.0 Å². The third-order valence-electron chi connectivity index (χ3n) is 3.61. The molecule has 0 saturated heterocycles. The number of aliphatic carboxylic acids is 1. The minimum absolute atomic E-state index is 0.361. The molecule has 1 fully saturated rings. The number of likely N-dealkylation sites (N-methyl/N-ethyl adjacent to an activating group) is 1. The fraction of sp³-hybridized carbons (Fsp3) is 0.900. The Hall–Kier alpha value is -0.570. The standard InChI is InChI=1S/C10H19NO2/c1-6-5-9(7(6)2)11(4)8(3)10(12)13/h6-9H,5H2,1-4H3,(H,12,13). The highest BCUT2D eigenvalue weighted by molar-refractivity contribution is 5.72. The molecule has 0 heterocycles. The molecule has 0 spiro atoms. The molecule has 0 aliphatic heterocycles. The van der Waals surface area contributed by atoms with Gasteiger partial charge in [-0.25, -0.2) is 0 Å². The monoisotopic (exact) mass is 185 g/mol. The van der Waals surface area contributed by atoms with Gasteiger partial charge in [-0.3, -0.25) is 9.69 Å². The molecule has 1 aliphatic carbocycles. The molecule has 0 aromatic heterocycles. The molecule has 0 bridgehead atoms. The van der Waals surface area contributed by atoms with Crippen molar-refractivity contribution in [2.75, 3.05) is 7.05 Å². The zero-order chi connectivity index (χ0) is 10.2. The van der Waals surface area contributed by atoms with Crippen LogP contribution in [0.25, 0.3) is 0 Å². The lowest BCUT2D eigenvalue weighted by molar-refractivity contribution is -0.145. The van der Waals surface area contributed by atoms with Gasteiger partial charge in [0.15, 0.2) is 0 Å². The summed E-state index contributed by atoms with van der Waals surface area (Å²) in [6.07, 6.45) is 1.13. The summed E-state index contributed by atoms with van der Waals surface area (Å²) in [5.74, 6) is 0.648. The second kappa shape index (κ2) is 3.66. The summed E-state index contributed by atoms with van der Waals surface area (Å²) in [5.41, 5.74) is 0. The Balaban J connectivity index is 2.49. The predicted octanol–water partition coefficient (Wildman–Crippen LogP) is 1.44. The summed E-state index contributed by atoms with van der Waals surface area (Å²) in [7, 11) is 1.91. The molecule has 3 nitrogen and oxygen atoms in total. The van der Waals surface area contributed by atoms with E-state index in [-0.39, 0.29) is 6.04 Å². The van der Waals surface area contributed by atoms with E-state index in [1.54, 1.807) is 6.92 Å². The summed E-state index contributed by atoms with van der Waals surface area (Å²) in [5, 5.41) is 8.83. The van der Waals surface area contributed by atoms with Crippen molar-refractivity contribution in [3.8, 4) is 0 Å². The second-order valence-corrected chi connectivity index (χ2v) is 4.32. The van der Waals surface area contributed by atoms with Crippen LogP contribution in [-0.2, 0) is 4.79 Å². The SMILES string of the molecule is CC1CC(N(C)C(C)C(=O)O)C1C. The lowest BCUT2D eigenvalue weighted by atomic mass is 9.70. The molecule has 0 radical (unpaired) electrons. The summed E-state index contributed by atoms with van der Waals surface area (Å²) in [4.78, 5) is 12.7. The first-order valence-corrected chi connectivity index (χ1v) is 4.90. The van der Waals surface area contributed by atoms with Crippen LogP contribution in [0.3, 0.4) is 0 Å². The number of rotatable bonds is 3. The number of carboxylic acid groups (broad SMARTS) is 1. The molecule has 4 unspecified atom stereocenters. The van der Waals surface area contributed by atoms with Crippen LogP contribution in [-0.4, -0.2) is 35.1 Å². The van der Waals surface area contributed by atoms with E-state index in [4.69, 9.17) is 5.11 Å². The van der Waals surface area contributed by atoms with Gasteiger partial charge in [-0.15, -0.1) is 0 Å². The van der Waals surface area contributed by atoms with Gasteiger partial charge >= 0.3 is 5.97 Å². The van der Waals surface area contributed by atoms with Gasteiger partial charge in [0.25, 0.3) is 0 Å². The number of hydrogen-bond acceptors (Lipinski definition) is 2. The quantitative estimate of drug-likeness (QED) is 0.723. The number of nitrogens with zero attached hydrogens (tertiary/aromatic N) is 1. The van der Waals surface area contributed by atoms with Crippen molar-refractivity contribution in [3.05, 3.63) is 0 Å². The van der Waals surface area contributed by atoms with Crippen molar-refractivity contribution in [1.29, 1.82) is 0 Å². The topological polar surface area (TPSA) is 40.5 Å². The van der Waals surface area contributed by atoms with Crippen molar-refractivity contribution in [3.63, 3.8) is 0 Å². The third-order valence-corrected chi connectivity index (χ3v) is 3.61. The zero-order valence-corrected chi connectivity index (χ0v) is 8.82. The Bertz CT molecular complexity index is 205. The van der Waals surface area contributed by atoms with Crippen molar-refractivity contribution < 1.29 is 9.90 Å².